The van der Waals surface area contributed by atoms with Crippen molar-refractivity contribution in [3.05, 3.63) is 44.8 Å². The highest BCUT2D eigenvalue weighted by Crippen LogP contribution is 2.46. The molecule has 0 aliphatic carbocycles. The molecule has 2 N–H and O–H groups in total. The second-order valence-electron chi connectivity index (χ2n) is 10.8. The van der Waals surface area contributed by atoms with Gasteiger partial charge in [-0.15, -0.1) is 6.42 Å². The third kappa shape index (κ3) is 8.29. The van der Waals surface area contributed by atoms with E-state index in [1.165, 1.54) is 16.8 Å². The van der Waals surface area contributed by atoms with Crippen molar-refractivity contribution >= 4 is 13.7 Å². The van der Waals surface area contributed by atoms with Gasteiger partial charge in [-0.1, -0.05) is 26.7 Å². The third-order valence-corrected chi connectivity index (χ3v) is 6.50. The van der Waals surface area contributed by atoms with Crippen LogP contribution in [0, 0.1) is 30.1 Å². The molecule has 1 aromatic heterocycles. The Kier molecular flexibility index (Phi) is 9.32. The number of aromatic amines is 1. The molecule has 0 bridgehead atoms. The van der Waals surface area contributed by atoms with E-state index < -0.39 is 42.2 Å². The first-order valence-corrected chi connectivity index (χ1v) is 13.0. The van der Waals surface area contributed by atoms with Crippen LogP contribution in [0.4, 0.5) is 0 Å². The molecule has 0 spiro atoms. The molecule has 1 aliphatic heterocycles. The lowest BCUT2D eigenvalue weighted by Gasteiger charge is -2.28. The van der Waals surface area contributed by atoms with Crippen molar-refractivity contribution in [2.24, 2.45) is 10.8 Å². The van der Waals surface area contributed by atoms with Crippen LogP contribution in [-0.2, 0) is 27.9 Å². The fraction of sp³-hybridized carbons (Fsp3) is 0.625. The summed E-state index contributed by atoms with van der Waals surface area (Å²) >= 11 is 0. The molecule has 200 valence electrons. The fourth-order valence-corrected chi connectivity index (χ4v) is 4.42. The quantitative estimate of drug-likeness (QED) is 0.155. The van der Waals surface area contributed by atoms with Gasteiger partial charge in [0.05, 0.1) is 12.0 Å². The number of terminal acetylenes is 1. The van der Waals surface area contributed by atoms with Crippen molar-refractivity contribution in [1.82, 2.24) is 14.6 Å². The summed E-state index contributed by atoms with van der Waals surface area (Å²) in [6, 6.07) is 0. The maximum absolute atomic E-state index is 13.5. The topological polar surface area (TPSA) is 138 Å². The van der Waals surface area contributed by atoms with Crippen molar-refractivity contribution in [1.29, 1.82) is 0 Å². The van der Waals surface area contributed by atoms with Crippen molar-refractivity contribution in [2.45, 2.75) is 60.3 Å². The Balaban J connectivity index is 2.11. The van der Waals surface area contributed by atoms with Crippen LogP contribution in [0.15, 0.2) is 27.9 Å². The molecule has 11 nitrogen and oxygen atoms in total. The Hall–Kier alpha value is -2.48. The molecule has 0 aromatic carbocycles. The lowest BCUT2D eigenvalue weighted by molar-refractivity contribution is -0.153. The SMILES string of the molecule is C#C[C@@]1(COP(=O)(NCC(C)(C)C)OCCOC(=O)C(C)(C)C)C=C[C@H](n2cc(C)c(=O)[nH]c2=O)O1. The van der Waals surface area contributed by atoms with E-state index in [9.17, 15) is 18.9 Å². The van der Waals surface area contributed by atoms with Gasteiger partial charge >= 0.3 is 19.4 Å². The summed E-state index contributed by atoms with van der Waals surface area (Å²) in [6.45, 7) is 12.2. The minimum atomic E-state index is -3.91. The molecule has 0 saturated heterocycles. The molecule has 0 saturated carbocycles. The first-order valence-electron chi connectivity index (χ1n) is 11.5. The summed E-state index contributed by atoms with van der Waals surface area (Å²) in [5, 5.41) is 2.81. The largest absolute Gasteiger partial charge is 0.463 e. The Morgan fingerprint density at radius 3 is 2.50 bits per heavy atom. The van der Waals surface area contributed by atoms with Gasteiger partial charge in [0.15, 0.2) is 11.8 Å². The molecule has 3 atom stereocenters. The number of hydrogen-bond acceptors (Lipinski definition) is 8. The van der Waals surface area contributed by atoms with Crippen molar-refractivity contribution in [2.75, 3.05) is 26.4 Å². The molecule has 0 fully saturated rings. The predicted octanol–water partition coefficient (Wildman–Crippen LogP) is 2.67. The summed E-state index contributed by atoms with van der Waals surface area (Å²) in [5.74, 6) is 2.05. The van der Waals surface area contributed by atoms with E-state index in [1.54, 1.807) is 33.8 Å². The molecule has 12 heteroatoms. The maximum Gasteiger partial charge on any atom is 0.405 e. The minimum absolute atomic E-state index is 0.117. The number of ether oxygens (including phenoxy) is 2. The van der Waals surface area contributed by atoms with Gasteiger partial charge in [0, 0.05) is 18.3 Å². The van der Waals surface area contributed by atoms with Crippen LogP contribution in [0.1, 0.15) is 53.3 Å². The van der Waals surface area contributed by atoms with Crippen molar-refractivity contribution in [3.63, 3.8) is 0 Å². The predicted molar refractivity (Wildman–Crippen MR) is 134 cm³/mol. The Labute approximate surface area is 211 Å². The Morgan fingerprint density at radius 2 is 1.92 bits per heavy atom. The van der Waals surface area contributed by atoms with Crippen LogP contribution in [0.25, 0.3) is 0 Å². The van der Waals surface area contributed by atoms with E-state index in [1.807, 2.05) is 20.8 Å². The Bertz CT molecular complexity index is 1180. The lowest BCUT2D eigenvalue weighted by atomic mass is 9.97. The molecule has 0 amide bonds. The van der Waals surface area contributed by atoms with Crippen LogP contribution in [-0.4, -0.2) is 47.5 Å². The van der Waals surface area contributed by atoms with Crippen LogP contribution >= 0.6 is 7.75 Å². The monoisotopic (exact) mass is 525 g/mol. The highest BCUT2D eigenvalue weighted by Gasteiger charge is 2.39. The zero-order valence-corrected chi connectivity index (χ0v) is 22.8. The summed E-state index contributed by atoms with van der Waals surface area (Å²) in [5.41, 5.74) is -3.23. The van der Waals surface area contributed by atoms with E-state index in [-0.39, 0.29) is 25.2 Å². The van der Waals surface area contributed by atoms with Gasteiger partial charge in [-0.3, -0.25) is 28.2 Å². The molecular formula is C24H36N3O8P. The van der Waals surface area contributed by atoms with Gasteiger partial charge in [-0.2, -0.15) is 0 Å². The molecule has 1 unspecified atom stereocenters. The van der Waals surface area contributed by atoms with Gasteiger partial charge in [-0.05, 0) is 45.3 Å². The van der Waals surface area contributed by atoms with Crippen molar-refractivity contribution < 1.29 is 27.9 Å². The summed E-state index contributed by atoms with van der Waals surface area (Å²) in [6.07, 6.45) is 9.22. The number of nitrogens with zero attached hydrogens (tertiary/aromatic N) is 1. The van der Waals surface area contributed by atoms with Gasteiger partial charge in [0.1, 0.15) is 13.2 Å². The number of esters is 1. The Morgan fingerprint density at radius 1 is 1.25 bits per heavy atom. The number of nitrogens with one attached hydrogen (secondary N) is 2. The molecule has 1 aromatic rings. The second-order valence-corrected chi connectivity index (χ2v) is 12.6. The van der Waals surface area contributed by atoms with Crippen molar-refractivity contribution in [3.8, 4) is 12.3 Å². The maximum atomic E-state index is 13.5. The smallest absolute Gasteiger partial charge is 0.405 e. The molecular weight excluding hydrogens is 489 g/mol. The standard InChI is InChI=1S/C24H36N3O8P/c1-9-24(11-10-18(35-24)27-14-17(2)19(28)26-21(27)30)16-34-36(31,25-15-22(3,4)5)33-13-12-32-20(29)23(6,7)8/h1,10-11,14,18H,12-13,15-16H2,2-8H3,(H,25,31)(H,26,28,30)/t18-,24+,36?/m1/s1. The van der Waals surface area contributed by atoms with Crippen LogP contribution < -0.4 is 16.3 Å². The summed E-state index contributed by atoms with van der Waals surface area (Å²) in [7, 11) is -3.91. The first kappa shape index (κ1) is 29.7. The number of rotatable bonds is 10. The molecule has 36 heavy (non-hydrogen) atoms. The van der Waals surface area contributed by atoms with Gasteiger partial charge in [-0.25, -0.2) is 14.4 Å². The fourth-order valence-electron chi connectivity index (χ4n) is 2.81. The number of carbonyl (C=O) groups is 1. The summed E-state index contributed by atoms with van der Waals surface area (Å²) in [4.78, 5) is 38.1. The lowest BCUT2D eigenvalue weighted by Crippen LogP contribution is -2.37. The minimum Gasteiger partial charge on any atom is -0.463 e. The summed E-state index contributed by atoms with van der Waals surface area (Å²) < 4.78 is 36.9. The second kappa shape index (κ2) is 11.3. The number of hydrogen-bond donors (Lipinski definition) is 2. The molecule has 1 aliphatic rings. The average molecular weight is 526 g/mol. The van der Waals surface area contributed by atoms with E-state index in [4.69, 9.17) is 24.9 Å². The zero-order valence-electron chi connectivity index (χ0n) is 21.9. The number of carbonyl (C=O) groups excluding carboxylic acids is 1. The average Bonchev–Trinajstić information content (AvgIpc) is 3.20. The highest BCUT2D eigenvalue weighted by atomic mass is 31.2. The van der Waals surface area contributed by atoms with E-state index >= 15 is 0 Å². The molecule has 2 rings (SSSR count). The molecule has 0 radical (unpaired) electrons. The molecule has 2 heterocycles. The van der Waals surface area contributed by atoms with E-state index in [0.717, 1.165) is 0 Å². The van der Waals surface area contributed by atoms with Gasteiger partial charge < -0.3 is 9.47 Å². The zero-order chi connectivity index (χ0) is 27.4. The third-order valence-electron chi connectivity index (χ3n) is 4.97. The van der Waals surface area contributed by atoms with E-state index in [2.05, 4.69) is 16.0 Å². The number of aryl methyl sites for hydroxylation is 1. The first-order chi connectivity index (χ1) is 16.5. The van der Waals surface area contributed by atoms with Crippen LogP contribution in [0.5, 0.6) is 0 Å². The van der Waals surface area contributed by atoms with Gasteiger partial charge in [0.25, 0.3) is 5.56 Å². The normalized spacial score (nSPS) is 21.7. The van der Waals surface area contributed by atoms with E-state index in [0.29, 0.717) is 12.1 Å². The van der Waals surface area contributed by atoms with Crippen LogP contribution in [0.3, 0.4) is 0 Å². The van der Waals surface area contributed by atoms with Gasteiger partial charge in [0.2, 0.25) is 0 Å². The number of H-pyrrole nitrogens is 1. The van der Waals surface area contributed by atoms with Crippen LogP contribution in [0.2, 0.25) is 0 Å². The highest BCUT2D eigenvalue weighted by molar-refractivity contribution is 7.51. The number of aromatic nitrogens is 2.